The topological polar surface area (TPSA) is 98.7 Å². The molecule has 0 aromatic rings. The van der Waals surface area contributed by atoms with Crippen LogP contribution in [0.2, 0.25) is 0 Å². The van der Waals surface area contributed by atoms with E-state index in [1.54, 1.807) is 4.90 Å². The van der Waals surface area contributed by atoms with Crippen LogP contribution in [0, 0.1) is 0 Å². The van der Waals surface area contributed by atoms with Crippen LogP contribution < -0.4 is 11.5 Å². The van der Waals surface area contributed by atoms with Gasteiger partial charge in [0.15, 0.2) is 0 Å². The van der Waals surface area contributed by atoms with Crippen molar-refractivity contribution < 1.29 is 14.3 Å². The molecular formula is C8H17N3O3. The molecule has 6 nitrogen and oxygen atoms in total. The SMILES string of the molecule is NCCN(CCN)C(=O)CCOC=O. The Bertz CT molecular complexity index is 169. The Morgan fingerprint density at radius 3 is 2.29 bits per heavy atom. The molecule has 0 unspecified atom stereocenters. The molecule has 82 valence electrons. The van der Waals surface area contributed by atoms with Gasteiger partial charge < -0.3 is 21.1 Å². The van der Waals surface area contributed by atoms with Crippen molar-refractivity contribution in [2.24, 2.45) is 11.5 Å². The first kappa shape index (κ1) is 12.9. The van der Waals surface area contributed by atoms with Gasteiger partial charge in [-0.15, -0.1) is 0 Å². The van der Waals surface area contributed by atoms with Crippen LogP contribution in [-0.4, -0.2) is 50.1 Å². The maximum Gasteiger partial charge on any atom is 0.293 e. The van der Waals surface area contributed by atoms with E-state index in [4.69, 9.17) is 11.5 Å². The Morgan fingerprint density at radius 1 is 1.29 bits per heavy atom. The standard InChI is InChI=1S/C8H17N3O3/c9-2-4-11(5-3-10)8(13)1-6-14-7-12/h7H,1-6,9-10H2. The van der Waals surface area contributed by atoms with Gasteiger partial charge in [0, 0.05) is 26.2 Å². The summed E-state index contributed by atoms with van der Waals surface area (Å²) in [5.41, 5.74) is 10.7. The lowest BCUT2D eigenvalue weighted by Gasteiger charge is -2.20. The smallest absolute Gasteiger partial charge is 0.293 e. The minimum atomic E-state index is -0.0947. The molecule has 0 rings (SSSR count). The number of amides is 1. The fraction of sp³-hybridized carbons (Fsp3) is 0.750. The summed E-state index contributed by atoms with van der Waals surface area (Å²) in [5, 5.41) is 0. The van der Waals surface area contributed by atoms with E-state index in [1.165, 1.54) is 0 Å². The zero-order chi connectivity index (χ0) is 10.8. The summed E-state index contributed by atoms with van der Waals surface area (Å²) in [6.07, 6.45) is 0.179. The first-order valence-corrected chi connectivity index (χ1v) is 4.49. The third kappa shape index (κ3) is 5.50. The number of rotatable bonds is 8. The molecule has 0 aliphatic carbocycles. The zero-order valence-corrected chi connectivity index (χ0v) is 8.15. The van der Waals surface area contributed by atoms with E-state index < -0.39 is 0 Å². The second kappa shape index (κ2) is 8.46. The van der Waals surface area contributed by atoms with Crippen molar-refractivity contribution in [3.8, 4) is 0 Å². The summed E-state index contributed by atoms with van der Waals surface area (Å²) >= 11 is 0. The number of nitrogens with two attached hydrogens (primary N) is 2. The van der Waals surface area contributed by atoms with Crippen LogP contribution in [0.3, 0.4) is 0 Å². The van der Waals surface area contributed by atoms with Crippen molar-refractivity contribution in [2.45, 2.75) is 6.42 Å². The van der Waals surface area contributed by atoms with Crippen LogP contribution >= 0.6 is 0 Å². The quantitative estimate of drug-likeness (QED) is 0.362. The van der Waals surface area contributed by atoms with E-state index in [1.807, 2.05) is 0 Å². The normalized spacial score (nSPS) is 9.57. The van der Waals surface area contributed by atoms with Gasteiger partial charge in [0.1, 0.15) is 0 Å². The summed E-state index contributed by atoms with van der Waals surface area (Å²) in [4.78, 5) is 22.8. The lowest BCUT2D eigenvalue weighted by molar-refractivity contribution is -0.135. The lowest BCUT2D eigenvalue weighted by atomic mass is 10.3. The molecule has 4 N–H and O–H groups in total. The second-order valence-electron chi connectivity index (χ2n) is 2.68. The van der Waals surface area contributed by atoms with Crippen molar-refractivity contribution >= 4 is 12.4 Å². The Labute approximate surface area is 83.2 Å². The predicted octanol–water partition coefficient (Wildman–Crippen LogP) is -1.70. The van der Waals surface area contributed by atoms with Crippen molar-refractivity contribution in [2.75, 3.05) is 32.8 Å². The highest BCUT2D eigenvalue weighted by atomic mass is 16.5. The van der Waals surface area contributed by atoms with E-state index in [9.17, 15) is 9.59 Å². The molecule has 0 saturated carbocycles. The third-order valence-corrected chi connectivity index (χ3v) is 1.65. The number of hydrogen-bond acceptors (Lipinski definition) is 5. The molecule has 0 saturated heterocycles. The maximum atomic E-state index is 11.4. The van der Waals surface area contributed by atoms with Crippen molar-refractivity contribution in [1.82, 2.24) is 4.90 Å². The highest BCUT2D eigenvalue weighted by Crippen LogP contribution is 1.93. The minimum Gasteiger partial charge on any atom is -0.467 e. The fourth-order valence-corrected chi connectivity index (χ4v) is 1.03. The van der Waals surface area contributed by atoms with E-state index in [2.05, 4.69) is 4.74 Å². The predicted molar refractivity (Wildman–Crippen MR) is 51.3 cm³/mol. The van der Waals surface area contributed by atoms with Gasteiger partial charge in [-0.1, -0.05) is 0 Å². The van der Waals surface area contributed by atoms with Crippen LogP contribution in [0.4, 0.5) is 0 Å². The number of nitrogens with zero attached hydrogens (tertiary/aromatic N) is 1. The number of hydrogen-bond donors (Lipinski definition) is 2. The van der Waals surface area contributed by atoms with Gasteiger partial charge in [0.25, 0.3) is 6.47 Å². The van der Waals surface area contributed by atoms with E-state index in [-0.39, 0.29) is 18.9 Å². The molecule has 0 aromatic carbocycles. The molecule has 0 spiro atoms. The monoisotopic (exact) mass is 203 g/mol. The number of carbonyl (C=O) groups excluding carboxylic acids is 2. The highest BCUT2D eigenvalue weighted by Gasteiger charge is 2.11. The van der Waals surface area contributed by atoms with Crippen LogP contribution in [0.1, 0.15) is 6.42 Å². The molecule has 0 aliphatic heterocycles. The van der Waals surface area contributed by atoms with Gasteiger partial charge in [-0.05, 0) is 0 Å². The van der Waals surface area contributed by atoms with E-state index >= 15 is 0 Å². The van der Waals surface area contributed by atoms with Crippen LogP contribution in [-0.2, 0) is 14.3 Å². The molecule has 14 heavy (non-hydrogen) atoms. The molecular weight excluding hydrogens is 186 g/mol. The molecule has 0 aliphatic rings. The summed E-state index contributed by atoms with van der Waals surface area (Å²) in [6.45, 7) is 2.20. The summed E-state index contributed by atoms with van der Waals surface area (Å²) < 4.78 is 4.42. The first-order chi connectivity index (χ1) is 6.76. The van der Waals surface area contributed by atoms with Gasteiger partial charge in [-0.2, -0.15) is 0 Å². The van der Waals surface area contributed by atoms with Gasteiger partial charge in [0.2, 0.25) is 5.91 Å². The lowest BCUT2D eigenvalue weighted by Crippen LogP contribution is -2.39. The van der Waals surface area contributed by atoms with Gasteiger partial charge >= 0.3 is 0 Å². The summed E-state index contributed by atoms with van der Waals surface area (Å²) in [7, 11) is 0. The second-order valence-corrected chi connectivity index (χ2v) is 2.68. The fourth-order valence-electron chi connectivity index (χ4n) is 1.03. The molecule has 0 fully saturated rings. The summed E-state index contributed by atoms with van der Waals surface area (Å²) in [6, 6.07) is 0. The van der Waals surface area contributed by atoms with Crippen molar-refractivity contribution in [1.29, 1.82) is 0 Å². The summed E-state index contributed by atoms with van der Waals surface area (Å²) in [5.74, 6) is -0.0947. The molecule has 0 heterocycles. The molecule has 0 aromatic heterocycles. The molecule has 0 bridgehead atoms. The molecule has 1 amide bonds. The Hall–Kier alpha value is -1.14. The van der Waals surface area contributed by atoms with Gasteiger partial charge in [-0.3, -0.25) is 9.59 Å². The Balaban J connectivity index is 3.81. The molecule has 0 radical (unpaired) electrons. The molecule has 6 heteroatoms. The average molecular weight is 203 g/mol. The zero-order valence-electron chi connectivity index (χ0n) is 8.15. The maximum absolute atomic E-state index is 11.4. The molecule has 0 atom stereocenters. The Kier molecular flexibility index (Phi) is 7.77. The Morgan fingerprint density at radius 2 is 1.86 bits per heavy atom. The van der Waals surface area contributed by atoms with E-state index in [0.29, 0.717) is 32.7 Å². The highest BCUT2D eigenvalue weighted by molar-refractivity contribution is 5.76. The van der Waals surface area contributed by atoms with Crippen molar-refractivity contribution in [3.63, 3.8) is 0 Å². The van der Waals surface area contributed by atoms with Gasteiger partial charge in [-0.25, -0.2) is 0 Å². The number of ether oxygens (including phenoxy) is 1. The third-order valence-electron chi connectivity index (χ3n) is 1.65. The van der Waals surface area contributed by atoms with Crippen LogP contribution in [0.5, 0.6) is 0 Å². The minimum absolute atomic E-state index is 0.0947. The van der Waals surface area contributed by atoms with E-state index in [0.717, 1.165) is 0 Å². The van der Waals surface area contributed by atoms with Crippen LogP contribution in [0.15, 0.2) is 0 Å². The van der Waals surface area contributed by atoms with Crippen molar-refractivity contribution in [3.05, 3.63) is 0 Å². The average Bonchev–Trinajstić information content (AvgIpc) is 2.18. The largest absolute Gasteiger partial charge is 0.467 e. The first-order valence-electron chi connectivity index (χ1n) is 4.49. The van der Waals surface area contributed by atoms with Gasteiger partial charge in [0.05, 0.1) is 13.0 Å². The number of carbonyl (C=O) groups is 2. The van der Waals surface area contributed by atoms with Crippen LogP contribution in [0.25, 0.3) is 0 Å².